The SMILES string of the molecule is N[C@@H](C(=O)c1cccc(OC(F)(F)F)c1)c1ccccc1. The van der Waals surface area contributed by atoms with Crippen molar-refractivity contribution in [3.63, 3.8) is 0 Å². The Morgan fingerprint density at radius 1 is 1.05 bits per heavy atom. The van der Waals surface area contributed by atoms with E-state index in [4.69, 9.17) is 5.73 Å². The van der Waals surface area contributed by atoms with Gasteiger partial charge in [-0.15, -0.1) is 13.2 Å². The van der Waals surface area contributed by atoms with E-state index < -0.39 is 23.9 Å². The van der Waals surface area contributed by atoms with Crippen molar-refractivity contribution >= 4 is 5.78 Å². The highest BCUT2D eigenvalue weighted by Crippen LogP contribution is 2.25. The van der Waals surface area contributed by atoms with E-state index >= 15 is 0 Å². The van der Waals surface area contributed by atoms with E-state index in [-0.39, 0.29) is 5.56 Å². The van der Waals surface area contributed by atoms with Gasteiger partial charge in [0.15, 0.2) is 5.78 Å². The fourth-order valence-corrected chi connectivity index (χ4v) is 1.84. The number of ketones is 1. The van der Waals surface area contributed by atoms with Gasteiger partial charge >= 0.3 is 6.36 Å². The molecule has 0 fully saturated rings. The average Bonchev–Trinajstić information content (AvgIpc) is 2.45. The zero-order valence-electron chi connectivity index (χ0n) is 10.8. The number of rotatable bonds is 4. The summed E-state index contributed by atoms with van der Waals surface area (Å²) in [5.74, 6) is -0.928. The molecule has 0 saturated heterocycles. The molecule has 2 N–H and O–H groups in total. The normalized spacial score (nSPS) is 12.8. The van der Waals surface area contributed by atoms with E-state index in [0.29, 0.717) is 5.56 Å². The van der Waals surface area contributed by atoms with Gasteiger partial charge in [-0.1, -0.05) is 42.5 Å². The zero-order valence-corrected chi connectivity index (χ0v) is 10.8. The molecule has 110 valence electrons. The monoisotopic (exact) mass is 295 g/mol. The molecule has 21 heavy (non-hydrogen) atoms. The zero-order chi connectivity index (χ0) is 15.5. The molecule has 6 heteroatoms. The molecule has 0 bridgehead atoms. The van der Waals surface area contributed by atoms with Gasteiger partial charge in [0.05, 0.1) is 6.04 Å². The molecular formula is C15H12F3NO2. The lowest BCUT2D eigenvalue weighted by atomic mass is 9.98. The molecule has 0 saturated carbocycles. The fraction of sp³-hybridized carbons (Fsp3) is 0.133. The molecule has 0 aliphatic carbocycles. The molecule has 0 aliphatic heterocycles. The Morgan fingerprint density at radius 2 is 1.71 bits per heavy atom. The van der Waals surface area contributed by atoms with Crippen LogP contribution in [-0.4, -0.2) is 12.1 Å². The Morgan fingerprint density at radius 3 is 2.33 bits per heavy atom. The third-order valence-corrected chi connectivity index (χ3v) is 2.79. The molecule has 0 spiro atoms. The lowest BCUT2D eigenvalue weighted by molar-refractivity contribution is -0.274. The number of hydrogen-bond donors (Lipinski definition) is 1. The van der Waals surface area contributed by atoms with Gasteiger partial charge in [0.2, 0.25) is 0 Å². The van der Waals surface area contributed by atoms with Crippen molar-refractivity contribution < 1.29 is 22.7 Å². The molecule has 0 aromatic heterocycles. The summed E-state index contributed by atoms with van der Waals surface area (Å²) in [5.41, 5.74) is 6.49. The molecule has 0 aliphatic rings. The van der Waals surface area contributed by atoms with E-state index in [1.54, 1.807) is 30.3 Å². The number of alkyl halides is 3. The summed E-state index contributed by atoms with van der Waals surface area (Å²) in [4.78, 5) is 12.2. The minimum Gasteiger partial charge on any atom is -0.406 e. The van der Waals surface area contributed by atoms with Crippen molar-refractivity contribution in [1.29, 1.82) is 0 Å². The summed E-state index contributed by atoms with van der Waals surface area (Å²) in [6.07, 6.45) is -4.80. The summed E-state index contributed by atoms with van der Waals surface area (Å²) in [6, 6.07) is 12.5. The molecule has 2 rings (SSSR count). The number of hydrogen-bond acceptors (Lipinski definition) is 3. The lowest BCUT2D eigenvalue weighted by Crippen LogP contribution is -2.22. The van der Waals surface area contributed by atoms with Crippen LogP contribution in [0.25, 0.3) is 0 Å². The summed E-state index contributed by atoms with van der Waals surface area (Å²) in [6.45, 7) is 0. The molecule has 0 heterocycles. The Hall–Kier alpha value is -2.34. The minimum atomic E-state index is -4.80. The average molecular weight is 295 g/mol. The van der Waals surface area contributed by atoms with E-state index in [0.717, 1.165) is 12.1 Å². The quantitative estimate of drug-likeness (QED) is 0.879. The lowest BCUT2D eigenvalue weighted by Gasteiger charge is -2.13. The van der Waals surface area contributed by atoms with Crippen LogP contribution in [0.3, 0.4) is 0 Å². The van der Waals surface area contributed by atoms with Crippen LogP contribution in [0.1, 0.15) is 22.0 Å². The number of halogens is 3. The predicted octanol–water partition coefficient (Wildman–Crippen LogP) is 3.47. The molecule has 1 atom stereocenters. The van der Waals surface area contributed by atoms with Crippen LogP contribution in [0.5, 0.6) is 5.75 Å². The number of carbonyl (C=O) groups excluding carboxylic acids is 1. The van der Waals surface area contributed by atoms with Gasteiger partial charge in [-0.25, -0.2) is 0 Å². The van der Waals surface area contributed by atoms with Gasteiger partial charge < -0.3 is 10.5 Å². The maximum atomic E-state index is 12.2. The second kappa shape index (κ2) is 5.97. The molecule has 0 unspecified atom stereocenters. The third-order valence-electron chi connectivity index (χ3n) is 2.79. The number of Topliss-reactive ketones (excluding diaryl/α,β-unsaturated/α-hetero) is 1. The number of ether oxygens (including phenoxy) is 1. The van der Waals surface area contributed by atoms with Gasteiger partial charge in [-0.2, -0.15) is 0 Å². The first-order valence-corrected chi connectivity index (χ1v) is 6.07. The topological polar surface area (TPSA) is 52.3 Å². The van der Waals surface area contributed by atoms with Crippen LogP contribution in [0.15, 0.2) is 54.6 Å². The van der Waals surface area contributed by atoms with Crippen molar-refractivity contribution in [2.75, 3.05) is 0 Å². The second-order valence-electron chi connectivity index (χ2n) is 4.33. The first-order valence-electron chi connectivity index (χ1n) is 6.07. The van der Waals surface area contributed by atoms with Crippen molar-refractivity contribution in [2.24, 2.45) is 5.73 Å². The Kier molecular flexibility index (Phi) is 4.28. The van der Waals surface area contributed by atoms with Crippen LogP contribution in [-0.2, 0) is 0 Å². The van der Waals surface area contributed by atoms with Gasteiger partial charge in [0, 0.05) is 5.56 Å². The molecule has 2 aromatic carbocycles. The smallest absolute Gasteiger partial charge is 0.406 e. The van der Waals surface area contributed by atoms with E-state index in [9.17, 15) is 18.0 Å². The minimum absolute atomic E-state index is 0.0631. The standard InChI is InChI=1S/C15H12F3NO2/c16-15(17,18)21-12-8-4-7-11(9-12)14(20)13(19)10-5-2-1-3-6-10/h1-9,13H,19H2/t13-/m1/s1. The van der Waals surface area contributed by atoms with Crippen LogP contribution in [0, 0.1) is 0 Å². The van der Waals surface area contributed by atoms with Gasteiger partial charge in [-0.3, -0.25) is 4.79 Å². The molecule has 0 amide bonds. The van der Waals surface area contributed by atoms with Gasteiger partial charge in [-0.05, 0) is 17.7 Å². The Labute approximate surface area is 119 Å². The van der Waals surface area contributed by atoms with Gasteiger partial charge in [0.25, 0.3) is 0 Å². The number of benzene rings is 2. The highest BCUT2D eigenvalue weighted by molar-refractivity contribution is 6.00. The summed E-state index contributed by atoms with van der Waals surface area (Å²) >= 11 is 0. The number of nitrogens with two attached hydrogens (primary N) is 1. The first kappa shape index (κ1) is 15.1. The first-order chi connectivity index (χ1) is 9.87. The maximum Gasteiger partial charge on any atom is 0.573 e. The molecule has 0 radical (unpaired) electrons. The second-order valence-corrected chi connectivity index (χ2v) is 4.33. The van der Waals surface area contributed by atoms with Crippen molar-refractivity contribution in [1.82, 2.24) is 0 Å². The predicted molar refractivity (Wildman–Crippen MR) is 70.8 cm³/mol. The van der Waals surface area contributed by atoms with E-state index in [2.05, 4.69) is 4.74 Å². The third kappa shape index (κ3) is 4.06. The highest BCUT2D eigenvalue weighted by atomic mass is 19.4. The van der Waals surface area contributed by atoms with Crippen molar-refractivity contribution in [2.45, 2.75) is 12.4 Å². The number of carbonyl (C=O) groups is 1. The fourth-order valence-electron chi connectivity index (χ4n) is 1.84. The molecular weight excluding hydrogens is 283 g/mol. The van der Waals surface area contributed by atoms with Crippen molar-refractivity contribution in [3.8, 4) is 5.75 Å². The van der Waals surface area contributed by atoms with Crippen molar-refractivity contribution in [3.05, 3.63) is 65.7 Å². The van der Waals surface area contributed by atoms with Crippen LogP contribution >= 0.6 is 0 Å². The summed E-state index contributed by atoms with van der Waals surface area (Å²) in [7, 11) is 0. The van der Waals surface area contributed by atoms with Gasteiger partial charge in [0.1, 0.15) is 5.75 Å². The van der Waals surface area contributed by atoms with Crippen LogP contribution in [0.4, 0.5) is 13.2 Å². The Balaban J connectivity index is 2.22. The summed E-state index contributed by atoms with van der Waals surface area (Å²) in [5, 5.41) is 0. The largest absolute Gasteiger partial charge is 0.573 e. The summed E-state index contributed by atoms with van der Waals surface area (Å²) < 4.78 is 40.3. The molecule has 3 nitrogen and oxygen atoms in total. The molecule has 2 aromatic rings. The van der Waals surface area contributed by atoms with Crippen LogP contribution < -0.4 is 10.5 Å². The van der Waals surface area contributed by atoms with E-state index in [1.165, 1.54) is 12.1 Å². The van der Waals surface area contributed by atoms with Crippen LogP contribution in [0.2, 0.25) is 0 Å². The Bertz CT molecular complexity index is 626. The highest BCUT2D eigenvalue weighted by Gasteiger charge is 2.31. The van der Waals surface area contributed by atoms with E-state index in [1.807, 2.05) is 0 Å². The maximum absolute atomic E-state index is 12.2.